The van der Waals surface area contributed by atoms with Crippen molar-refractivity contribution in [2.75, 3.05) is 6.61 Å². The molecular formula is C13H23NO4. The Labute approximate surface area is 108 Å². The largest absolute Gasteiger partial charge is 0.466 e. The minimum absolute atomic E-state index is 0.168. The molecule has 2 atom stereocenters. The van der Waals surface area contributed by atoms with Crippen molar-refractivity contribution >= 4 is 12.1 Å². The van der Waals surface area contributed by atoms with Crippen LogP contribution in [0, 0.1) is 5.92 Å². The Morgan fingerprint density at radius 2 is 1.94 bits per heavy atom. The van der Waals surface area contributed by atoms with Crippen LogP contribution in [0.5, 0.6) is 0 Å². The standard InChI is InChI=1S/C13H23NO4/c1-5-17-11(15)9-7-6-8-10(9)14-12(16)18-13(2,3)4/h9-10H,5-8H2,1-4H3,(H,14,16)/t9-,10-/m1/s1. The second-order valence-electron chi connectivity index (χ2n) is 5.54. The van der Waals surface area contributed by atoms with Crippen LogP contribution in [0.2, 0.25) is 0 Å². The van der Waals surface area contributed by atoms with Gasteiger partial charge in [-0.25, -0.2) is 4.79 Å². The van der Waals surface area contributed by atoms with E-state index in [0.717, 1.165) is 19.3 Å². The number of amides is 1. The van der Waals surface area contributed by atoms with Crippen molar-refractivity contribution in [3.05, 3.63) is 0 Å². The summed E-state index contributed by atoms with van der Waals surface area (Å²) in [5.41, 5.74) is -0.526. The smallest absolute Gasteiger partial charge is 0.407 e. The van der Waals surface area contributed by atoms with E-state index in [2.05, 4.69) is 5.32 Å². The van der Waals surface area contributed by atoms with Gasteiger partial charge in [-0.2, -0.15) is 0 Å². The summed E-state index contributed by atoms with van der Waals surface area (Å²) in [7, 11) is 0. The van der Waals surface area contributed by atoms with Crippen LogP contribution in [0.3, 0.4) is 0 Å². The van der Waals surface area contributed by atoms with Crippen LogP contribution in [0.4, 0.5) is 4.79 Å². The van der Waals surface area contributed by atoms with Crippen LogP contribution in [-0.2, 0) is 14.3 Å². The molecular weight excluding hydrogens is 234 g/mol. The van der Waals surface area contributed by atoms with Crippen LogP contribution in [-0.4, -0.2) is 30.3 Å². The van der Waals surface area contributed by atoms with E-state index in [1.807, 2.05) is 20.8 Å². The first-order valence-electron chi connectivity index (χ1n) is 6.49. The molecule has 0 spiro atoms. The molecule has 1 amide bonds. The Bertz CT molecular complexity index is 309. The number of rotatable bonds is 3. The van der Waals surface area contributed by atoms with Crippen molar-refractivity contribution in [1.29, 1.82) is 0 Å². The third kappa shape index (κ3) is 4.55. The monoisotopic (exact) mass is 257 g/mol. The maximum Gasteiger partial charge on any atom is 0.407 e. The Morgan fingerprint density at radius 1 is 1.28 bits per heavy atom. The molecule has 0 radical (unpaired) electrons. The lowest BCUT2D eigenvalue weighted by Gasteiger charge is -2.24. The molecule has 1 rings (SSSR count). The maximum absolute atomic E-state index is 11.7. The molecule has 5 nitrogen and oxygen atoms in total. The second-order valence-corrected chi connectivity index (χ2v) is 5.54. The second kappa shape index (κ2) is 6.07. The topological polar surface area (TPSA) is 64.6 Å². The molecule has 0 saturated heterocycles. The fourth-order valence-corrected chi connectivity index (χ4v) is 2.12. The molecule has 5 heteroatoms. The lowest BCUT2D eigenvalue weighted by atomic mass is 10.0. The Hall–Kier alpha value is -1.26. The molecule has 0 aromatic heterocycles. The van der Waals surface area contributed by atoms with Crippen molar-refractivity contribution in [3.63, 3.8) is 0 Å². The molecule has 1 N–H and O–H groups in total. The minimum atomic E-state index is -0.526. The van der Waals surface area contributed by atoms with Crippen LogP contribution in [0.25, 0.3) is 0 Å². The van der Waals surface area contributed by atoms with E-state index < -0.39 is 11.7 Å². The number of esters is 1. The molecule has 104 valence electrons. The fourth-order valence-electron chi connectivity index (χ4n) is 2.12. The minimum Gasteiger partial charge on any atom is -0.466 e. The van der Waals surface area contributed by atoms with Gasteiger partial charge in [0.25, 0.3) is 0 Å². The summed E-state index contributed by atoms with van der Waals surface area (Å²) in [6.45, 7) is 7.58. The van der Waals surface area contributed by atoms with Crippen LogP contribution in [0.15, 0.2) is 0 Å². The van der Waals surface area contributed by atoms with Gasteiger partial charge in [0, 0.05) is 6.04 Å². The van der Waals surface area contributed by atoms with Crippen molar-refractivity contribution in [2.24, 2.45) is 5.92 Å². The van der Waals surface area contributed by atoms with Gasteiger partial charge in [0.05, 0.1) is 12.5 Å². The van der Waals surface area contributed by atoms with Crippen LogP contribution in [0.1, 0.15) is 47.0 Å². The molecule has 1 aliphatic rings. The highest BCUT2D eigenvalue weighted by Gasteiger charge is 2.35. The van der Waals surface area contributed by atoms with E-state index in [-0.39, 0.29) is 17.9 Å². The summed E-state index contributed by atoms with van der Waals surface area (Å²) < 4.78 is 10.2. The number of alkyl carbamates (subject to hydrolysis) is 1. The Balaban J connectivity index is 2.50. The van der Waals surface area contributed by atoms with E-state index in [1.165, 1.54) is 0 Å². The zero-order valence-corrected chi connectivity index (χ0v) is 11.6. The first-order chi connectivity index (χ1) is 8.33. The van der Waals surface area contributed by atoms with E-state index >= 15 is 0 Å². The molecule has 0 aliphatic heterocycles. The summed E-state index contributed by atoms with van der Waals surface area (Å²) in [6.07, 6.45) is 2.01. The normalized spacial score (nSPS) is 23.6. The van der Waals surface area contributed by atoms with Gasteiger partial charge in [-0.3, -0.25) is 4.79 Å². The van der Waals surface area contributed by atoms with Gasteiger partial charge in [-0.1, -0.05) is 6.42 Å². The van der Waals surface area contributed by atoms with E-state index in [1.54, 1.807) is 6.92 Å². The predicted octanol–water partition coefficient (Wildman–Crippen LogP) is 2.24. The summed E-state index contributed by atoms with van der Waals surface area (Å²) >= 11 is 0. The molecule has 1 fully saturated rings. The lowest BCUT2D eigenvalue weighted by molar-refractivity contribution is -0.148. The predicted molar refractivity (Wildman–Crippen MR) is 67.1 cm³/mol. The zero-order valence-electron chi connectivity index (χ0n) is 11.6. The molecule has 0 bridgehead atoms. The number of nitrogens with one attached hydrogen (secondary N) is 1. The molecule has 18 heavy (non-hydrogen) atoms. The molecule has 1 aliphatic carbocycles. The number of hydrogen-bond acceptors (Lipinski definition) is 4. The number of hydrogen-bond donors (Lipinski definition) is 1. The van der Waals surface area contributed by atoms with Gasteiger partial charge in [0.1, 0.15) is 5.60 Å². The lowest BCUT2D eigenvalue weighted by Crippen LogP contribution is -2.43. The van der Waals surface area contributed by atoms with E-state index in [9.17, 15) is 9.59 Å². The van der Waals surface area contributed by atoms with Gasteiger partial charge in [0.2, 0.25) is 0 Å². The highest BCUT2D eigenvalue weighted by Crippen LogP contribution is 2.27. The first-order valence-corrected chi connectivity index (χ1v) is 6.49. The van der Waals surface area contributed by atoms with E-state index in [4.69, 9.17) is 9.47 Å². The Kier molecular flexibility index (Phi) is 4.99. The van der Waals surface area contributed by atoms with Gasteiger partial charge in [-0.15, -0.1) is 0 Å². The maximum atomic E-state index is 11.7. The van der Waals surface area contributed by atoms with Gasteiger partial charge in [-0.05, 0) is 40.5 Å². The fraction of sp³-hybridized carbons (Fsp3) is 0.846. The molecule has 0 aromatic rings. The quantitative estimate of drug-likeness (QED) is 0.787. The van der Waals surface area contributed by atoms with Gasteiger partial charge in [0.15, 0.2) is 0 Å². The number of ether oxygens (including phenoxy) is 2. The highest BCUT2D eigenvalue weighted by molar-refractivity contribution is 5.75. The van der Waals surface area contributed by atoms with E-state index in [0.29, 0.717) is 6.61 Å². The third-order valence-electron chi connectivity index (χ3n) is 2.81. The van der Waals surface area contributed by atoms with Crippen LogP contribution < -0.4 is 5.32 Å². The van der Waals surface area contributed by atoms with Crippen LogP contribution >= 0.6 is 0 Å². The molecule has 0 heterocycles. The first kappa shape index (κ1) is 14.8. The summed E-state index contributed by atoms with van der Waals surface area (Å²) in [5, 5.41) is 2.76. The SMILES string of the molecule is CCOC(=O)[C@@H]1CCC[C@H]1NC(=O)OC(C)(C)C. The Morgan fingerprint density at radius 3 is 2.50 bits per heavy atom. The molecule has 1 saturated carbocycles. The van der Waals surface area contributed by atoms with Crippen molar-refractivity contribution in [2.45, 2.75) is 58.6 Å². The van der Waals surface area contributed by atoms with Gasteiger partial charge < -0.3 is 14.8 Å². The summed E-state index contributed by atoms with van der Waals surface area (Å²) in [6, 6.07) is -0.168. The third-order valence-corrected chi connectivity index (χ3v) is 2.81. The van der Waals surface area contributed by atoms with Crippen molar-refractivity contribution in [1.82, 2.24) is 5.32 Å². The van der Waals surface area contributed by atoms with Gasteiger partial charge >= 0.3 is 12.1 Å². The average molecular weight is 257 g/mol. The van der Waals surface area contributed by atoms with Crippen molar-refractivity contribution < 1.29 is 19.1 Å². The number of carbonyl (C=O) groups is 2. The molecule has 0 aromatic carbocycles. The summed E-state index contributed by atoms with van der Waals surface area (Å²) in [5.74, 6) is -0.464. The molecule has 0 unspecified atom stereocenters. The van der Waals surface area contributed by atoms with Crippen molar-refractivity contribution in [3.8, 4) is 0 Å². The number of carbonyl (C=O) groups excluding carboxylic acids is 2. The zero-order chi connectivity index (χ0) is 13.8. The average Bonchev–Trinajstić information content (AvgIpc) is 2.62. The summed E-state index contributed by atoms with van der Waals surface area (Å²) in [4.78, 5) is 23.4. The highest BCUT2D eigenvalue weighted by atomic mass is 16.6.